The fourth-order valence-corrected chi connectivity index (χ4v) is 3.00. The molecule has 1 aliphatic heterocycles. The standard InChI is InChI=1S/C18H15ClN4/c19-13-4-5-15-17(9-13)22-16(12-2-1-3-14(20)8-12)10-18(15)23-7-6-21-11-23/h1-5,8-11H,6-7,20H2. The number of anilines is 2. The number of fused-ring (bicyclic) bond motifs is 1. The molecule has 5 heteroatoms. The summed E-state index contributed by atoms with van der Waals surface area (Å²) in [4.78, 5) is 11.2. The van der Waals surface area contributed by atoms with Crippen LogP contribution in [0.2, 0.25) is 5.02 Å². The van der Waals surface area contributed by atoms with Crippen LogP contribution in [-0.2, 0) is 0 Å². The Hall–Kier alpha value is -2.59. The predicted octanol–water partition coefficient (Wildman–Crippen LogP) is 3.99. The molecule has 0 saturated heterocycles. The molecule has 0 aliphatic carbocycles. The van der Waals surface area contributed by atoms with Gasteiger partial charge in [0.15, 0.2) is 0 Å². The zero-order valence-corrected chi connectivity index (χ0v) is 13.2. The summed E-state index contributed by atoms with van der Waals surface area (Å²) in [6, 6.07) is 15.6. The summed E-state index contributed by atoms with van der Waals surface area (Å²) in [5, 5.41) is 1.74. The van der Waals surface area contributed by atoms with Crippen molar-refractivity contribution >= 4 is 40.2 Å². The van der Waals surface area contributed by atoms with Crippen LogP contribution in [0.25, 0.3) is 22.2 Å². The first-order chi connectivity index (χ1) is 11.2. The highest BCUT2D eigenvalue weighted by atomic mass is 35.5. The molecule has 4 nitrogen and oxygen atoms in total. The number of hydrogen-bond acceptors (Lipinski definition) is 4. The SMILES string of the molecule is Nc1cccc(-c2cc(N3C=NCC3)c3ccc(Cl)cc3n2)c1. The smallest absolute Gasteiger partial charge is 0.0895 e. The second kappa shape index (κ2) is 5.56. The van der Waals surface area contributed by atoms with Crippen molar-refractivity contribution in [2.45, 2.75) is 0 Å². The van der Waals surface area contributed by atoms with Gasteiger partial charge in [-0.3, -0.25) is 4.99 Å². The maximum atomic E-state index is 6.15. The third kappa shape index (κ3) is 2.62. The van der Waals surface area contributed by atoms with Crippen molar-refractivity contribution in [1.82, 2.24) is 4.98 Å². The van der Waals surface area contributed by atoms with Gasteiger partial charge in [-0.15, -0.1) is 0 Å². The molecule has 3 aromatic rings. The Kier molecular flexibility index (Phi) is 3.39. The average Bonchev–Trinajstić information content (AvgIpc) is 3.07. The van der Waals surface area contributed by atoms with Crippen molar-refractivity contribution in [2.24, 2.45) is 4.99 Å². The molecule has 4 rings (SSSR count). The minimum Gasteiger partial charge on any atom is -0.399 e. The lowest BCUT2D eigenvalue weighted by molar-refractivity contribution is 1.03. The Morgan fingerprint density at radius 1 is 1.09 bits per heavy atom. The van der Waals surface area contributed by atoms with Crippen molar-refractivity contribution in [3.8, 4) is 11.3 Å². The van der Waals surface area contributed by atoms with E-state index in [1.165, 1.54) is 0 Å². The first-order valence-electron chi connectivity index (χ1n) is 7.43. The maximum Gasteiger partial charge on any atom is 0.0895 e. The molecule has 0 saturated carbocycles. The number of nitrogen functional groups attached to an aromatic ring is 1. The van der Waals surface area contributed by atoms with Crippen molar-refractivity contribution in [3.63, 3.8) is 0 Å². The highest BCUT2D eigenvalue weighted by Crippen LogP contribution is 2.32. The molecule has 0 atom stereocenters. The van der Waals surface area contributed by atoms with E-state index >= 15 is 0 Å². The Bertz CT molecular complexity index is 920. The second-order valence-electron chi connectivity index (χ2n) is 5.53. The van der Waals surface area contributed by atoms with Crippen LogP contribution in [0.3, 0.4) is 0 Å². The number of pyridine rings is 1. The topological polar surface area (TPSA) is 54.5 Å². The Morgan fingerprint density at radius 2 is 2.00 bits per heavy atom. The van der Waals surface area contributed by atoms with E-state index in [0.29, 0.717) is 5.02 Å². The van der Waals surface area contributed by atoms with Gasteiger partial charge in [-0.2, -0.15) is 0 Å². The summed E-state index contributed by atoms with van der Waals surface area (Å²) in [5.74, 6) is 0. The number of nitrogens with two attached hydrogens (primary N) is 1. The monoisotopic (exact) mass is 322 g/mol. The molecule has 0 spiro atoms. The number of halogens is 1. The van der Waals surface area contributed by atoms with Crippen LogP contribution >= 0.6 is 11.6 Å². The van der Waals surface area contributed by atoms with Crippen LogP contribution in [0, 0.1) is 0 Å². The lowest BCUT2D eigenvalue weighted by atomic mass is 10.1. The van der Waals surface area contributed by atoms with E-state index < -0.39 is 0 Å². The van der Waals surface area contributed by atoms with Gasteiger partial charge >= 0.3 is 0 Å². The van der Waals surface area contributed by atoms with Gasteiger partial charge in [0.2, 0.25) is 0 Å². The average molecular weight is 323 g/mol. The molecule has 0 unspecified atom stereocenters. The number of aliphatic imine (C=N–C) groups is 1. The second-order valence-corrected chi connectivity index (χ2v) is 5.97. The van der Waals surface area contributed by atoms with Gasteiger partial charge in [0, 0.05) is 28.2 Å². The molecule has 0 bridgehead atoms. The van der Waals surface area contributed by atoms with Gasteiger partial charge in [0.1, 0.15) is 0 Å². The van der Waals surface area contributed by atoms with Crippen LogP contribution in [0.5, 0.6) is 0 Å². The van der Waals surface area contributed by atoms with E-state index in [1.54, 1.807) is 0 Å². The molecule has 1 aliphatic rings. The molecule has 1 aromatic heterocycles. The summed E-state index contributed by atoms with van der Waals surface area (Å²) in [6.45, 7) is 1.68. The minimum absolute atomic E-state index is 0.677. The van der Waals surface area contributed by atoms with E-state index in [9.17, 15) is 0 Å². The third-order valence-corrected chi connectivity index (χ3v) is 4.17. The van der Waals surface area contributed by atoms with E-state index in [1.807, 2.05) is 48.8 Å². The zero-order chi connectivity index (χ0) is 15.8. The molecule has 114 valence electrons. The van der Waals surface area contributed by atoms with Crippen LogP contribution in [0.15, 0.2) is 53.5 Å². The third-order valence-electron chi connectivity index (χ3n) is 3.93. The fraction of sp³-hybridized carbons (Fsp3) is 0.111. The number of nitrogens with zero attached hydrogens (tertiary/aromatic N) is 3. The quantitative estimate of drug-likeness (QED) is 0.726. The normalized spacial score (nSPS) is 13.9. The van der Waals surface area contributed by atoms with E-state index in [4.69, 9.17) is 22.3 Å². The van der Waals surface area contributed by atoms with E-state index in [0.717, 1.165) is 46.6 Å². The van der Waals surface area contributed by atoms with Crippen LogP contribution in [0.4, 0.5) is 11.4 Å². The lowest BCUT2D eigenvalue weighted by Crippen LogP contribution is -2.18. The highest BCUT2D eigenvalue weighted by Gasteiger charge is 2.15. The molecule has 2 aromatic carbocycles. The Morgan fingerprint density at radius 3 is 2.78 bits per heavy atom. The summed E-state index contributed by atoms with van der Waals surface area (Å²) in [6.07, 6.45) is 1.88. The molecule has 0 amide bonds. The highest BCUT2D eigenvalue weighted by molar-refractivity contribution is 6.31. The molecule has 0 fully saturated rings. The van der Waals surface area contributed by atoms with Crippen LogP contribution in [0.1, 0.15) is 0 Å². The van der Waals surface area contributed by atoms with Gasteiger partial charge in [0.25, 0.3) is 0 Å². The number of aromatic nitrogens is 1. The number of rotatable bonds is 2. The summed E-state index contributed by atoms with van der Waals surface area (Å²) in [7, 11) is 0. The van der Waals surface area contributed by atoms with E-state index in [2.05, 4.69) is 16.0 Å². The van der Waals surface area contributed by atoms with E-state index in [-0.39, 0.29) is 0 Å². The lowest BCUT2D eigenvalue weighted by Gasteiger charge is -2.18. The zero-order valence-electron chi connectivity index (χ0n) is 12.4. The number of hydrogen-bond donors (Lipinski definition) is 1. The Balaban J connectivity index is 1.96. The molecular formula is C18H15ClN4. The van der Waals surface area contributed by atoms with Gasteiger partial charge in [-0.1, -0.05) is 23.7 Å². The van der Waals surface area contributed by atoms with Gasteiger partial charge in [0.05, 0.1) is 29.8 Å². The summed E-state index contributed by atoms with van der Waals surface area (Å²) < 4.78 is 0. The molecular weight excluding hydrogens is 308 g/mol. The molecule has 2 N–H and O–H groups in total. The van der Waals surface area contributed by atoms with Gasteiger partial charge in [-0.05, 0) is 36.4 Å². The van der Waals surface area contributed by atoms with Crippen molar-refractivity contribution in [2.75, 3.05) is 23.7 Å². The van der Waals surface area contributed by atoms with Crippen molar-refractivity contribution < 1.29 is 0 Å². The largest absolute Gasteiger partial charge is 0.399 e. The number of benzene rings is 2. The fourth-order valence-electron chi connectivity index (χ4n) is 2.83. The van der Waals surface area contributed by atoms with Crippen molar-refractivity contribution in [1.29, 1.82) is 0 Å². The van der Waals surface area contributed by atoms with Crippen molar-refractivity contribution in [3.05, 3.63) is 53.6 Å². The van der Waals surface area contributed by atoms with Gasteiger partial charge in [-0.25, -0.2) is 4.98 Å². The Labute approximate surface area is 139 Å². The van der Waals surface area contributed by atoms with Crippen LogP contribution in [-0.4, -0.2) is 24.4 Å². The maximum absolute atomic E-state index is 6.15. The summed E-state index contributed by atoms with van der Waals surface area (Å²) in [5.41, 5.74) is 10.5. The van der Waals surface area contributed by atoms with Crippen LogP contribution < -0.4 is 10.6 Å². The first kappa shape index (κ1) is 14.0. The molecule has 0 radical (unpaired) electrons. The molecule has 23 heavy (non-hydrogen) atoms. The predicted molar refractivity (Wildman–Crippen MR) is 97.3 cm³/mol. The molecule has 2 heterocycles. The van der Waals surface area contributed by atoms with Gasteiger partial charge < -0.3 is 10.6 Å². The summed E-state index contributed by atoms with van der Waals surface area (Å²) >= 11 is 6.15. The minimum atomic E-state index is 0.677. The first-order valence-corrected chi connectivity index (χ1v) is 7.81.